The van der Waals surface area contributed by atoms with Gasteiger partial charge in [0.1, 0.15) is 11.6 Å². The van der Waals surface area contributed by atoms with Crippen LogP contribution in [0, 0.1) is 0 Å². The molecule has 0 unspecified atom stereocenters. The number of nitrogens with zero attached hydrogens (tertiary/aromatic N) is 1. The van der Waals surface area contributed by atoms with Crippen LogP contribution in [0.3, 0.4) is 0 Å². The van der Waals surface area contributed by atoms with Crippen molar-refractivity contribution in [2.45, 2.75) is 6.42 Å². The van der Waals surface area contributed by atoms with Gasteiger partial charge in [0.05, 0.1) is 13.7 Å². The first-order valence-corrected chi connectivity index (χ1v) is 7.19. The molecule has 1 aromatic heterocycles. The summed E-state index contributed by atoms with van der Waals surface area (Å²) in [4.78, 5) is 4.39. The molecule has 5 heteroatoms. The number of hydrogen-bond acceptors (Lipinski definition) is 4. The van der Waals surface area contributed by atoms with Gasteiger partial charge in [-0.15, -0.1) is 11.6 Å². The number of ether oxygens (including phenoxy) is 2. The van der Waals surface area contributed by atoms with Gasteiger partial charge in [0.25, 0.3) is 0 Å². The van der Waals surface area contributed by atoms with Crippen molar-refractivity contribution in [1.82, 2.24) is 4.98 Å². The fourth-order valence-corrected chi connectivity index (χ4v) is 2.06. The topological polar surface area (TPSA) is 43.4 Å². The van der Waals surface area contributed by atoms with Gasteiger partial charge in [-0.3, -0.25) is 0 Å². The minimum absolute atomic E-state index is 0.540. The number of aromatic nitrogens is 1. The molecule has 0 aliphatic heterocycles. The Morgan fingerprint density at radius 3 is 2.95 bits per heavy atom. The van der Waals surface area contributed by atoms with Crippen molar-refractivity contribution >= 4 is 28.2 Å². The first kappa shape index (κ1) is 14.9. The number of nitrogens with one attached hydrogen (secondary N) is 1. The Hall–Kier alpha value is -1.52. The van der Waals surface area contributed by atoms with Gasteiger partial charge in [0.2, 0.25) is 0 Å². The average molecular weight is 295 g/mol. The second-order valence-electron chi connectivity index (χ2n) is 4.33. The van der Waals surface area contributed by atoms with E-state index in [0.717, 1.165) is 35.3 Å². The predicted molar refractivity (Wildman–Crippen MR) is 82.9 cm³/mol. The maximum absolute atomic E-state index is 5.54. The molecule has 2 rings (SSSR count). The summed E-state index contributed by atoms with van der Waals surface area (Å²) in [5.41, 5.74) is 0. The molecule has 0 aliphatic carbocycles. The first-order valence-electron chi connectivity index (χ1n) is 6.65. The van der Waals surface area contributed by atoms with Crippen molar-refractivity contribution < 1.29 is 9.47 Å². The van der Waals surface area contributed by atoms with E-state index in [-0.39, 0.29) is 0 Å². The highest BCUT2D eigenvalue weighted by molar-refractivity contribution is 6.17. The third-order valence-electron chi connectivity index (χ3n) is 2.95. The minimum Gasteiger partial charge on any atom is -0.497 e. The average Bonchev–Trinajstić information content (AvgIpc) is 2.50. The molecule has 108 valence electrons. The molecule has 0 aliphatic rings. The van der Waals surface area contributed by atoms with Crippen molar-refractivity contribution in [2.75, 3.05) is 38.1 Å². The smallest absolute Gasteiger partial charge is 0.133 e. The Labute approximate surface area is 124 Å². The van der Waals surface area contributed by atoms with Crippen LogP contribution in [-0.2, 0) is 4.74 Å². The van der Waals surface area contributed by atoms with Crippen LogP contribution in [0.25, 0.3) is 10.8 Å². The number of rotatable bonds is 8. The Bertz CT molecular complexity index is 548. The van der Waals surface area contributed by atoms with E-state index in [1.54, 1.807) is 13.3 Å². The van der Waals surface area contributed by atoms with Crippen LogP contribution in [-0.4, -0.2) is 37.7 Å². The zero-order valence-corrected chi connectivity index (χ0v) is 12.3. The Morgan fingerprint density at radius 1 is 1.25 bits per heavy atom. The zero-order valence-electron chi connectivity index (χ0n) is 11.6. The fraction of sp³-hybridized carbons (Fsp3) is 0.400. The molecule has 1 aromatic carbocycles. The largest absolute Gasteiger partial charge is 0.497 e. The highest BCUT2D eigenvalue weighted by Gasteiger charge is 2.03. The van der Waals surface area contributed by atoms with Gasteiger partial charge in [-0.05, 0) is 30.0 Å². The highest BCUT2D eigenvalue weighted by Crippen LogP contribution is 2.25. The number of halogens is 1. The number of alkyl halides is 1. The second-order valence-corrected chi connectivity index (χ2v) is 4.71. The molecule has 2 aromatic rings. The van der Waals surface area contributed by atoms with Crippen LogP contribution in [0.4, 0.5) is 5.82 Å². The molecule has 0 amide bonds. The summed E-state index contributed by atoms with van der Waals surface area (Å²) >= 11 is 5.54. The Balaban J connectivity index is 1.98. The van der Waals surface area contributed by atoms with Crippen LogP contribution >= 0.6 is 11.6 Å². The molecule has 1 N–H and O–H groups in total. The summed E-state index contributed by atoms with van der Waals surface area (Å²) < 4.78 is 10.6. The molecular weight excluding hydrogens is 276 g/mol. The normalized spacial score (nSPS) is 10.7. The molecule has 20 heavy (non-hydrogen) atoms. The lowest BCUT2D eigenvalue weighted by Crippen LogP contribution is -2.08. The number of pyridine rings is 1. The summed E-state index contributed by atoms with van der Waals surface area (Å²) in [5.74, 6) is 2.25. The summed E-state index contributed by atoms with van der Waals surface area (Å²) in [6, 6.07) is 7.97. The van der Waals surface area contributed by atoms with E-state index >= 15 is 0 Å². The van der Waals surface area contributed by atoms with Gasteiger partial charge < -0.3 is 14.8 Å². The summed E-state index contributed by atoms with van der Waals surface area (Å²) in [6.07, 6.45) is 2.72. The standard InChI is InChI=1S/C15H19ClN2O2/c1-19-13-4-3-12-5-8-18-15(14(12)11-13)17-7-2-9-20-10-6-16/h3-5,8,11H,2,6-7,9-10H2,1H3,(H,17,18). The van der Waals surface area contributed by atoms with Crippen LogP contribution in [0.1, 0.15) is 6.42 Å². The van der Waals surface area contributed by atoms with Crippen molar-refractivity contribution in [3.8, 4) is 5.75 Å². The molecule has 0 bridgehead atoms. The SMILES string of the molecule is COc1ccc2ccnc(NCCCOCCCl)c2c1. The summed E-state index contributed by atoms with van der Waals surface area (Å²) in [5, 5.41) is 5.54. The van der Waals surface area contributed by atoms with Crippen LogP contribution in [0.2, 0.25) is 0 Å². The van der Waals surface area contributed by atoms with E-state index in [2.05, 4.69) is 10.3 Å². The lowest BCUT2D eigenvalue weighted by Gasteiger charge is -2.10. The fourth-order valence-electron chi connectivity index (χ4n) is 1.95. The van der Waals surface area contributed by atoms with Crippen molar-refractivity contribution in [1.29, 1.82) is 0 Å². The third-order valence-corrected chi connectivity index (χ3v) is 3.11. The van der Waals surface area contributed by atoms with Gasteiger partial charge in [-0.2, -0.15) is 0 Å². The number of fused-ring (bicyclic) bond motifs is 1. The van der Waals surface area contributed by atoms with E-state index in [0.29, 0.717) is 19.1 Å². The summed E-state index contributed by atoms with van der Waals surface area (Å²) in [6.45, 7) is 2.12. The second kappa shape index (κ2) is 7.92. The number of methoxy groups -OCH3 is 1. The quantitative estimate of drug-likeness (QED) is 0.599. The van der Waals surface area contributed by atoms with Crippen LogP contribution in [0.15, 0.2) is 30.5 Å². The summed E-state index contributed by atoms with van der Waals surface area (Å²) in [7, 11) is 1.67. The van der Waals surface area contributed by atoms with Gasteiger partial charge in [-0.25, -0.2) is 4.98 Å². The maximum atomic E-state index is 5.54. The van der Waals surface area contributed by atoms with Gasteiger partial charge >= 0.3 is 0 Å². The molecule has 0 fully saturated rings. The van der Waals surface area contributed by atoms with Crippen LogP contribution < -0.4 is 10.1 Å². The van der Waals surface area contributed by atoms with Crippen molar-refractivity contribution in [3.63, 3.8) is 0 Å². The first-order chi connectivity index (χ1) is 9.85. The molecular formula is C15H19ClN2O2. The molecule has 0 saturated carbocycles. The molecule has 0 saturated heterocycles. The number of hydrogen-bond donors (Lipinski definition) is 1. The van der Waals surface area contributed by atoms with Gasteiger partial charge in [0.15, 0.2) is 0 Å². The number of benzene rings is 1. The van der Waals surface area contributed by atoms with E-state index in [9.17, 15) is 0 Å². The molecule has 4 nitrogen and oxygen atoms in total. The maximum Gasteiger partial charge on any atom is 0.133 e. The zero-order chi connectivity index (χ0) is 14.2. The molecule has 0 radical (unpaired) electrons. The van der Waals surface area contributed by atoms with E-state index < -0.39 is 0 Å². The molecule has 0 spiro atoms. The Kier molecular flexibility index (Phi) is 5.89. The monoisotopic (exact) mass is 294 g/mol. The predicted octanol–water partition coefficient (Wildman–Crippen LogP) is 3.30. The van der Waals surface area contributed by atoms with Crippen molar-refractivity contribution in [2.24, 2.45) is 0 Å². The van der Waals surface area contributed by atoms with Gasteiger partial charge in [-0.1, -0.05) is 6.07 Å². The Morgan fingerprint density at radius 2 is 2.15 bits per heavy atom. The van der Waals surface area contributed by atoms with Crippen LogP contribution in [0.5, 0.6) is 5.75 Å². The lowest BCUT2D eigenvalue weighted by atomic mass is 10.1. The number of anilines is 1. The third kappa shape index (κ3) is 3.99. The van der Waals surface area contributed by atoms with Crippen molar-refractivity contribution in [3.05, 3.63) is 30.5 Å². The van der Waals surface area contributed by atoms with Gasteiger partial charge in [0, 0.05) is 30.6 Å². The molecule has 0 atom stereocenters. The highest BCUT2D eigenvalue weighted by atomic mass is 35.5. The minimum atomic E-state index is 0.540. The van der Waals surface area contributed by atoms with E-state index in [4.69, 9.17) is 21.1 Å². The van der Waals surface area contributed by atoms with E-state index in [1.807, 2.05) is 24.3 Å². The molecule has 1 heterocycles. The lowest BCUT2D eigenvalue weighted by molar-refractivity contribution is 0.149. The van der Waals surface area contributed by atoms with E-state index in [1.165, 1.54) is 0 Å².